The molecule has 142 valence electrons. The summed E-state index contributed by atoms with van der Waals surface area (Å²) in [6.45, 7) is 2.38. The highest BCUT2D eigenvalue weighted by molar-refractivity contribution is 5.92. The Bertz CT molecular complexity index is 1030. The molecule has 0 bridgehead atoms. The normalized spacial score (nSPS) is 10.4. The number of hydrogen-bond donors (Lipinski definition) is 2. The van der Waals surface area contributed by atoms with Crippen LogP contribution >= 0.6 is 0 Å². The fourth-order valence-electron chi connectivity index (χ4n) is 3.16. The summed E-state index contributed by atoms with van der Waals surface area (Å²) in [5.41, 5.74) is 3.12. The van der Waals surface area contributed by atoms with Crippen LogP contribution in [0.5, 0.6) is 0 Å². The number of aromatic amines is 1. The monoisotopic (exact) mass is 374 g/mol. The fraction of sp³-hybridized carbons (Fsp3) is 0.227. The molecule has 6 nitrogen and oxygen atoms in total. The molecule has 28 heavy (non-hydrogen) atoms. The Morgan fingerprint density at radius 2 is 1.86 bits per heavy atom. The first kappa shape index (κ1) is 19.2. The van der Waals surface area contributed by atoms with Crippen LogP contribution in [-0.2, 0) is 16.0 Å². The molecule has 0 atom stereocenters. The van der Waals surface area contributed by atoms with Gasteiger partial charge in [0, 0.05) is 43.5 Å². The van der Waals surface area contributed by atoms with Crippen molar-refractivity contribution in [2.45, 2.75) is 19.8 Å². The number of aromatic nitrogens is 1. The van der Waals surface area contributed by atoms with E-state index in [0.29, 0.717) is 30.8 Å². The average Bonchev–Trinajstić information content (AvgIpc) is 3.11. The number of carbonyl (C=O) groups is 2. The summed E-state index contributed by atoms with van der Waals surface area (Å²) in [6.07, 6.45) is 2.85. The summed E-state index contributed by atoms with van der Waals surface area (Å²) in [6, 6.07) is 16.9. The van der Waals surface area contributed by atoms with E-state index >= 15 is 0 Å². The number of hydrogen-bond acceptors (Lipinski definition) is 3. The van der Waals surface area contributed by atoms with Crippen molar-refractivity contribution in [3.63, 3.8) is 0 Å². The predicted molar refractivity (Wildman–Crippen MR) is 109 cm³/mol. The van der Waals surface area contributed by atoms with Crippen LogP contribution < -0.4 is 5.32 Å². The number of carbonyl (C=O) groups excluding carboxylic acids is 2. The van der Waals surface area contributed by atoms with Crippen LogP contribution in [0, 0.1) is 11.3 Å². The quantitative estimate of drug-likeness (QED) is 0.664. The molecule has 0 aliphatic carbocycles. The smallest absolute Gasteiger partial charge is 0.226 e. The molecular weight excluding hydrogens is 352 g/mol. The van der Waals surface area contributed by atoms with E-state index in [1.54, 1.807) is 29.2 Å². The van der Waals surface area contributed by atoms with E-state index in [9.17, 15) is 9.59 Å². The molecule has 0 saturated heterocycles. The first-order valence-corrected chi connectivity index (χ1v) is 9.18. The number of fused-ring (bicyclic) bond motifs is 1. The molecule has 6 heteroatoms. The zero-order valence-electron chi connectivity index (χ0n) is 15.7. The number of H-pyrrole nitrogens is 1. The Morgan fingerprint density at radius 3 is 2.64 bits per heavy atom. The van der Waals surface area contributed by atoms with Crippen molar-refractivity contribution in [3.8, 4) is 6.07 Å². The van der Waals surface area contributed by atoms with Crippen molar-refractivity contribution in [2.24, 2.45) is 0 Å². The summed E-state index contributed by atoms with van der Waals surface area (Å²) < 4.78 is 0. The zero-order chi connectivity index (χ0) is 19.9. The van der Waals surface area contributed by atoms with Crippen molar-refractivity contribution in [1.29, 1.82) is 5.26 Å². The zero-order valence-corrected chi connectivity index (χ0v) is 15.7. The molecule has 0 aliphatic heterocycles. The minimum absolute atomic E-state index is 0.0648. The Labute approximate surface area is 163 Å². The molecular formula is C22H22N4O2. The average molecular weight is 374 g/mol. The van der Waals surface area contributed by atoms with E-state index in [2.05, 4.69) is 22.4 Å². The highest BCUT2D eigenvalue weighted by atomic mass is 16.2. The van der Waals surface area contributed by atoms with Gasteiger partial charge in [0.25, 0.3) is 0 Å². The number of nitrogens with one attached hydrogen (secondary N) is 2. The molecule has 1 heterocycles. The molecule has 0 unspecified atom stereocenters. The second kappa shape index (κ2) is 8.87. The highest BCUT2D eigenvalue weighted by Gasteiger charge is 2.13. The molecule has 0 radical (unpaired) electrons. The highest BCUT2D eigenvalue weighted by Crippen LogP contribution is 2.18. The van der Waals surface area contributed by atoms with E-state index in [4.69, 9.17) is 5.26 Å². The fourth-order valence-corrected chi connectivity index (χ4v) is 3.16. The maximum atomic E-state index is 12.3. The van der Waals surface area contributed by atoms with Gasteiger partial charge in [0.15, 0.2) is 0 Å². The van der Waals surface area contributed by atoms with Crippen LogP contribution in [0.4, 0.5) is 5.69 Å². The van der Waals surface area contributed by atoms with Gasteiger partial charge < -0.3 is 15.2 Å². The van der Waals surface area contributed by atoms with E-state index in [-0.39, 0.29) is 18.2 Å². The molecule has 2 N–H and O–H groups in total. The van der Waals surface area contributed by atoms with Gasteiger partial charge in [-0.15, -0.1) is 0 Å². The maximum Gasteiger partial charge on any atom is 0.226 e. The van der Waals surface area contributed by atoms with Crippen molar-refractivity contribution in [3.05, 3.63) is 65.9 Å². The van der Waals surface area contributed by atoms with Crippen LogP contribution in [0.2, 0.25) is 0 Å². The Kier molecular flexibility index (Phi) is 6.07. The first-order valence-electron chi connectivity index (χ1n) is 9.18. The lowest BCUT2D eigenvalue weighted by Crippen LogP contribution is -2.33. The van der Waals surface area contributed by atoms with Crippen molar-refractivity contribution >= 4 is 28.4 Å². The topological polar surface area (TPSA) is 89.0 Å². The minimum atomic E-state index is -0.221. The SMILES string of the molecule is CC(=O)N(CCC(=O)Nc1ccccc1C#N)CCc1c[nH]c2ccccc12. The van der Waals surface area contributed by atoms with Gasteiger partial charge in [-0.2, -0.15) is 5.26 Å². The van der Waals surface area contributed by atoms with Gasteiger partial charge in [-0.25, -0.2) is 0 Å². The largest absolute Gasteiger partial charge is 0.361 e. The van der Waals surface area contributed by atoms with Crippen LogP contribution in [0.25, 0.3) is 10.9 Å². The number of para-hydroxylation sites is 2. The number of benzene rings is 2. The van der Waals surface area contributed by atoms with Gasteiger partial charge in [-0.3, -0.25) is 9.59 Å². The Balaban J connectivity index is 1.57. The van der Waals surface area contributed by atoms with Gasteiger partial charge in [-0.05, 0) is 30.2 Å². The third kappa shape index (κ3) is 4.57. The lowest BCUT2D eigenvalue weighted by Gasteiger charge is -2.20. The molecule has 2 aromatic carbocycles. The number of nitrogens with zero attached hydrogens (tertiary/aromatic N) is 2. The summed E-state index contributed by atoms with van der Waals surface area (Å²) in [4.78, 5) is 29.1. The number of amides is 2. The van der Waals surface area contributed by atoms with Crippen molar-refractivity contribution < 1.29 is 9.59 Å². The summed E-state index contributed by atoms with van der Waals surface area (Å²) in [7, 11) is 0. The van der Waals surface area contributed by atoms with Crippen LogP contribution in [-0.4, -0.2) is 34.8 Å². The van der Waals surface area contributed by atoms with Gasteiger partial charge in [0.2, 0.25) is 11.8 Å². The van der Waals surface area contributed by atoms with Gasteiger partial charge >= 0.3 is 0 Å². The molecule has 0 saturated carbocycles. The van der Waals surface area contributed by atoms with E-state index in [1.807, 2.05) is 24.4 Å². The lowest BCUT2D eigenvalue weighted by atomic mass is 10.1. The van der Waals surface area contributed by atoms with E-state index in [0.717, 1.165) is 16.5 Å². The van der Waals surface area contributed by atoms with E-state index < -0.39 is 0 Å². The molecule has 3 aromatic rings. The van der Waals surface area contributed by atoms with E-state index in [1.165, 1.54) is 6.92 Å². The minimum Gasteiger partial charge on any atom is -0.361 e. The summed E-state index contributed by atoms with van der Waals surface area (Å²) in [5, 5.41) is 13.0. The van der Waals surface area contributed by atoms with Crippen molar-refractivity contribution in [2.75, 3.05) is 18.4 Å². The van der Waals surface area contributed by atoms with Gasteiger partial charge in [0.05, 0.1) is 11.3 Å². The van der Waals surface area contributed by atoms with Crippen LogP contribution in [0.1, 0.15) is 24.5 Å². The standard InChI is InChI=1S/C22H22N4O2/c1-16(27)26(12-10-18-15-24-21-9-5-3-7-19(18)21)13-11-22(28)25-20-8-4-2-6-17(20)14-23/h2-9,15,24H,10-13H2,1H3,(H,25,28). The van der Waals surface area contributed by atoms with Crippen molar-refractivity contribution in [1.82, 2.24) is 9.88 Å². The van der Waals surface area contributed by atoms with Gasteiger partial charge in [0.1, 0.15) is 6.07 Å². The predicted octanol–water partition coefficient (Wildman–Crippen LogP) is 3.46. The Hall–Kier alpha value is -3.59. The molecule has 3 rings (SSSR count). The Morgan fingerprint density at radius 1 is 1.11 bits per heavy atom. The molecule has 0 spiro atoms. The molecule has 2 amide bonds. The number of rotatable bonds is 7. The maximum absolute atomic E-state index is 12.3. The summed E-state index contributed by atoms with van der Waals surface area (Å²) in [5.74, 6) is -0.286. The lowest BCUT2D eigenvalue weighted by molar-refractivity contribution is -0.129. The summed E-state index contributed by atoms with van der Waals surface area (Å²) >= 11 is 0. The third-order valence-corrected chi connectivity index (χ3v) is 4.70. The number of nitriles is 1. The third-order valence-electron chi connectivity index (χ3n) is 4.70. The second-order valence-corrected chi connectivity index (χ2v) is 6.57. The van der Waals surface area contributed by atoms with Crippen LogP contribution in [0.3, 0.4) is 0 Å². The molecule has 0 fully saturated rings. The number of anilines is 1. The molecule has 1 aromatic heterocycles. The first-order chi connectivity index (χ1) is 13.6. The van der Waals surface area contributed by atoms with Gasteiger partial charge in [-0.1, -0.05) is 30.3 Å². The van der Waals surface area contributed by atoms with Crippen LogP contribution in [0.15, 0.2) is 54.7 Å². The molecule has 0 aliphatic rings. The second-order valence-electron chi connectivity index (χ2n) is 6.57.